The highest BCUT2D eigenvalue weighted by Gasteiger charge is 2.36. The first-order valence-corrected chi connectivity index (χ1v) is 8.37. The second-order valence-electron chi connectivity index (χ2n) is 4.27. The zero-order chi connectivity index (χ0) is 12.2. The molecule has 1 saturated carbocycles. The van der Waals surface area contributed by atoms with Gasteiger partial charge in [0.15, 0.2) is 0 Å². The van der Waals surface area contributed by atoms with E-state index in [0.29, 0.717) is 11.9 Å². The van der Waals surface area contributed by atoms with Crippen LogP contribution in [0.3, 0.4) is 0 Å². The van der Waals surface area contributed by atoms with Gasteiger partial charge in [-0.05, 0) is 26.7 Å². The van der Waals surface area contributed by atoms with Crippen molar-refractivity contribution in [2.75, 3.05) is 24.2 Å². The quantitative estimate of drug-likeness (QED) is 0.639. The summed E-state index contributed by atoms with van der Waals surface area (Å²) in [5.74, 6) is 0.0919. The average Bonchev–Trinajstić information content (AvgIpc) is 2.96. The van der Waals surface area contributed by atoms with Crippen molar-refractivity contribution >= 4 is 26.0 Å². The molecular weight excluding hydrogens is 294 g/mol. The van der Waals surface area contributed by atoms with Crippen LogP contribution in [0.15, 0.2) is 0 Å². The summed E-state index contributed by atoms with van der Waals surface area (Å²) in [5, 5.41) is 0.688. The first kappa shape index (κ1) is 14.4. The van der Waals surface area contributed by atoms with E-state index < -0.39 is 10.0 Å². The Morgan fingerprint density at radius 1 is 1.44 bits per heavy atom. The molecule has 6 heteroatoms. The Balaban J connectivity index is 2.46. The van der Waals surface area contributed by atoms with Crippen LogP contribution in [0.1, 0.15) is 26.7 Å². The summed E-state index contributed by atoms with van der Waals surface area (Å²) in [6.45, 7) is 4.66. The molecule has 0 aromatic carbocycles. The lowest BCUT2D eigenvalue weighted by Crippen LogP contribution is -2.37. The third-order valence-electron chi connectivity index (χ3n) is 2.41. The molecule has 0 heterocycles. The number of nitrogens with zero attached hydrogens (tertiary/aromatic N) is 1. The van der Waals surface area contributed by atoms with E-state index in [9.17, 15) is 8.42 Å². The Hall–Kier alpha value is 0.350. The molecule has 1 aliphatic carbocycles. The smallest absolute Gasteiger partial charge is 0.216 e. The van der Waals surface area contributed by atoms with Gasteiger partial charge in [-0.3, -0.25) is 0 Å². The van der Waals surface area contributed by atoms with Crippen molar-refractivity contribution in [3.63, 3.8) is 0 Å². The van der Waals surface area contributed by atoms with Gasteiger partial charge in [-0.25, -0.2) is 8.42 Å². The SMILES string of the molecule is CC(C)OCCS(=O)(=O)N(CCBr)C1CC1. The first-order chi connectivity index (χ1) is 7.47. The predicted molar refractivity (Wildman–Crippen MR) is 68.4 cm³/mol. The van der Waals surface area contributed by atoms with Gasteiger partial charge in [-0.2, -0.15) is 4.31 Å². The van der Waals surface area contributed by atoms with Crippen molar-refractivity contribution in [2.24, 2.45) is 0 Å². The highest BCUT2D eigenvalue weighted by molar-refractivity contribution is 9.09. The van der Waals surface area contributed by atoms with Crippen molar-refractivity contribution in [2.45, 2.75) is 38.8 Å². The largest absolute Gasteiger partial charge is 0.378 e. The molecule has 0 unspecified atom stereocenters. The second kappa shape index (κ2) is 6.33. The van der Waals surface area contributed by atoms with Crippen molar-refractivity contribution in [3.05, 3.63) is 0 Å². The molecule has 1 aliphatic rings. The number of halogens is 1. The van der Waals surface area contributed by atoms with E-state index in [-0.39, 0.29) is 24.5 Å². The van der Waals surface area contributed by atoms with Gasteiger partial charge in [-0.15, -0.1) is 0 Å². The fourth-order valence-electron chi connectivity index (χ4n) is 1.50. The molecule has 0 bridgehead atoms. The van der Waals surface area contributed by atoms with Crippen LogP contribution in [0, 0.1) is 0 Å². The molecular formula is C10H20BrNO3S. The van der Waals surface area contributed by atoms with E-state index in [2.05, 4.69) is 15.9 Å². The summed E-state index contributed by atoms with van der Waals surface area (Å²) in [5.41, 5.74) is 0. The normalized spacial score (nSPS) is 17.3. The molecule has 0 atom stereocenters. The summed E-state index contributed by atoms with van der Waals surface area (Å²) >= 11 is 3.29. The molecule has 1 fully saturated rings. The fraction of sp³-hybridized carbons (Fsp3) is 1.00. The molecule has 0 N–H and O–H groups in total. The fourth-order valence-corrected chi connectivity index (χ4v) is 3.69. The van der Waals surface area contributed by atoms with Gasteiger partial charge >= 0.3 is 0 Å². The Kier molecular flexibility index (Phi) is 5.70. The maximum atomic E-state index is 12.0. The van der Waals surface area contributed by atoms with Crippen molar-refractivity contribution in [1.82, 2.24) is 4.31 Å². The van der Waals surface area contributed by atoms with Crippen LogP contribution in [-0.4, -0.2) is 49.1 Å². The standard InChI is InChI=1S/C10H20BrNO3S/c1-9(2)15-7-8-16(13,14)12(6-5-11)10-3-4-10/h9-10H,3-8H2,1-2H3. The van der Waals surface area contributed by atoms with E-state index in [1.807, 2.05) is 13.8 Å². The molecule has 0 aliphatic heterocycles. The van der Waals surface area contributed by atoms with Gasteiger partial charge in [0.25, 0.3) is 0 Å². The lowest BCUT2D eigenvalue weighted by atomic mass is 10.5. The topological polar surface area (TPSA) is 46.6 Å². The molecule has 0 aromatic rings. The molecule has 0 radical (unpaired) electrons. The van der Waals surface area contributed by atoms with Crippen LogP contribution in [0.2, 0.25) is 0 Å². The third-order valence-corrected chi connectivity index (χ3v) is 4.64. The number of alkyl halides is 1. The van der Waals surface area contributed by atoms with Crippen LogP contribution in [0.5, 0.6) is 0 Å². The van der Waals surface area contributed by atoms with Crippen molar-refractivity contribution in [3.8, 4) is 0 Å². The zero-order valence-electron chi connectivity index (χ0n) is 9.86. The van der Waals surface area contributed by atoms with E-state index in [1.54, 1.807) is 4.31 Å². The minimum absolute atomic E-state index is 0.0840. The Morgan fingerprint density at radius 2 is 2.06 bits per heavy atom. The van der Waals surface area contributed by atoms with Gasteiger partial charge in [0.1, 0.15) is 0 Å². The number of ether oxygens (including phenoxy) is 1. The highest BCUT2D eigenvalue weighted by Crippen LogP contribution is 2.29. The van der Waals surface area contributed by atoms with Crippen molar-refractivity contribution < 1.29 is 13.2 Å². The van der Waals surface area contributed by atoms with Gasteiger partial charge < -0.3 is 4.74 Å². The highest BCUT2D eigenvalue weighted by atomic mass is 79.9. The van der Waals surface area contributed by atoms with E-state index in [0.717, 1.165) is 12.8 Å². The molecule has 0 saturated heterocycles. The lowest BCUT2D eigenvalue weighted by molar-refractivity contribution is 0.0907. The van der Waals surface area contributed by atoms with Crippen molar-refractivity contribution in [1.29, 1.82) is 0 Å². The summed E-state index contributed by atoms with van der Waals surface area (Å²) < 4.78 is 30.9. The minimum atomic E-state index is -3.14. The predicted octanol–water partition coefficient (Wildman–Crippen LogP) is 1.60. The van der Waals surface area contributed by atoms with E-state index >= 15 is 0 Å². The second-order valence-corrected chi connectivity index (χ2v) is 7.10. The summed E-state index contributed by atoms with van der Waals surface area (Å²) in [6, 6.07) is 0.238. The van der Waals surface area contributed by atoms with Crippen LogP contribution >= 0.6 is 15.9 Å². The molecule has 96 valence electrons. The molecule has 16 heavy (non-hydrogen) atoms. The van der Waals surface area contributed by atoms with Gasteiger partial charge in [0, 0.05) is 17.9 Å². The molecule has 4 nitrogen and oxygen atoms in total. The molecule has 0 aromatic heterocycles. The molecule has 1 rings (SSSR count). The zero-order valence-corrected chi connectivity index (χ0v) is 12.3. The number of sulfonamides is 1. The van der Waals surface area contributed by atoms with E-state index in [1.165, 1.54) is 0 Å². The first-order valence-electron chi connectivity index (χ1n) is 5.64. The van der Waals surface area contributed by atoms with Gasteiger partial charge in [-0.1, -0.05) is 15.9 Å². The van der Waals surface area contributed by atoms with Crippen LogP contribution < -0.4 is 0 Å². The third kappa shape index (κ3) is 4.69. The monoisotopic (exact) mass is 313 g/mol. The maximum absolute atomic E-state index is 12.0. The molecule has 0 amide bonds. The van der Waals surface area contributed by atoms with Crippen LogP contribution in [0.4, 0.5) is 0 Å². The number of rotatable bonds is 8. The Bertz CT molecular complexity index is 301. The molecule has 0 spiro atoms. The number of hydrogen-bond acceptors (Lipinski definition) is 3. The average molecular weight is 314 g/mol. The minimum Gasteiger partial charge on any atom is -0.378 e. The Morgan fingerprint density at radius 3 is 2.50 bits per heavy atom. The van der Waals surface area contributed by atoms with Crippen LogP contribution in [0.25, 0.3) is 0 Å². The van der Waals surface area contributed by atoms with E-state index in [4.69, 9.17) is 4.74 Å². The van der Waals surface area contributed by atoms with Crippen LogP contribution in [-0.2, 0) is 14.8 Å². The van der Waals surface area contributed by atoms with Gasteiger partial charge in [0.2, 0.25) is 10.0 Å². The maximum Gasteiger partial charge on any atom is 0.216 e. The Labute approximate surface area is 107 Å². The number of hydrogen-bond donors (Lipinski definition) is 0. The van der Waals surface area contributed by atoms with Gasteiger partial charge in [0.05, 0.1) is 18.5 Å². The summed E-state index contributed by atoms with van der Waals surface area (Å²) in [6.07, 6.45) is 2.08. The lowest BCUT2D eigenvalue weighted by Gasteiger charge is -2.21. The summed E-state index contributed by atoms with van der Waals surface area (Å²) in [7, 11) is -3.14. The summed E-state index contributed by atoms with van der Waals surface area (Å²) in [4.78, 5) is 0.